The van der Waals surface area contributed by atoms with Crippen LogP contribution in [0, 0.1) is 0 Å². The van der Waals surface area contributed by atoms with E-state index in [1.807, 2.05) is 0 Å². The molecule has 0 aliphatic carbocycles. The summed E-state index contributed by atoms with van der Waals surface area (Å²) in [6.45, 7) is 4.98. The zero-order chi connectivity index (χ0) is 20.0. The minimum absolute atomic E-state index is 0.00846. The van der Waals surface area contributed by atoms with Crippen LogP contribution < -0.4 is 10.1 Å². The van der Waals surface area contributed by atoms with Crippen molar-refractivity contribution in [2.45, 2.75) is 18.7 Å². The molecule has 150 valence electrons. The first-order chi connectivity index (χ1) is 12.8. The number of carbonyl (C=O) groups is 2. The first-order valence-electron chi connectivity index (χ1n) is 8.73. The van der Waals surface area contributed by atoms with Crippen LogP contribution in [0.3, 0.4) is 0 Å². The van der Waals surface area contributed by atoms with Gasteiger partial charge in [-0.25, -0.2) is 13.2 Å². The molecule has 0 aromatic heterocycles. The third-order valence-electron chi connectivity index (χ3n) is 4.16. The van der Waals surface area contributed by atoms with E-state index in [0.717, 1.165) is 0 Å². The number of methoxy groups -OCH3 is 1. The molecule has 1 saturated heterocycles. The van der Waals surface area contributed by atoms with Gasteiger partial charge in [0, 0.05) is 32.7 Å². The van der Waals surface area contributed by atoms with E-state index in [0.29, 0.717) is 12.3 Å². The van der Waals surface area contributed by atoms with Crippen LogP contribution >= 0.6 is 0 Å². The molecule has 10 heteroatoms. The normalized spacial score (nSPS) is 15.3. The van der Waals surface area contributed by atoms with Gasteiger partial charge in [-0.15, -0.1) is 0 Å². The van der Waals surface area contributed by atoms with E-state index in [1.165, 1.54) is 34.5 Å². The fourth-order valence-electron chi connectivity index (χ4n) is 2.76. The van der Waals surface area contributed by atoms with Gasteiger partial charge in [-0.1, -0.05) is 0 Å². The van der Waals surface area contributed by atoms with Crippen LogP contribution in [0.25, 0.3) is 0 Å². The van der Waals surface area contributed by atoms with Crippen molar-refractivity contribution in [3.05, 3.63) is 23.8 Å². The lowest BCUT2D eigenvalue weighted by Crippen LogP contribution is -2.50. The summed E-state index contributed by atoms with van der Waals surface area (Å²) in [6.07, 6.45) is -0.447. The lowest BCUT2D eigenvalue weighted by atomic mass is 10.2. The SMILES string of the molecule is CCNC(=O)c1cc(S(=O)(=O)N2CCN(C(=O)OCC)CC2)ccc1OC. The van der Waals surface area contributed by atoms with Crippen molar-refractivity contribution in [2.24, 2.45) is 0 Å². The summed E-state index contributed by atoms with van der Waals surface area (Å²) in [5.74, 6) is -0.106. The summed E-state index contributed by atoms with van der Waals surface area (Å²) >= 11 is 0. The molecule has 9 nitrogen and oxygen atoms in total. The number of nitrogens with one attached hydrogen (secondary N) is 1. The summed E-state index contributed by atoms with van der Waals surface area (Å²) in [6, 6.07) is 4.19. The second-order valence-corrected chi connectivity index (χ2v) is 7.75. The third kappa shape index (κ3) is 4.69. The van der Waals surface area contributed by atoms with Gasteiger partial charge in [0.15, 0.2) is 0 Å². The highest BCUT2D eigenvalue weighted by Crippen LogP contribution is 2.25. The standard InChI is InChI=1S/C17H25N3O6S/c1-4-18-16(21)14-12-13(6-7-15(14)25-3)27(23,24)20-10-8-19(9-11-20)17(22)26-5-2/h6-7,12H,4-5,8-11H2,1-3H3,(H,18,21). The van der Waals surface area contributed by atoms with Crippen molar-refractivity contribution in [1.82, 2.24) is 14.5 Å². The number of piperazine rings is 1. The van der Waals surface area contributed by atoms with E-state index in [1.54, 1.807) is 13.8 Å². The predicted octanol–water partition coefficient (Wildman–Crippen LogP) is 0.908. The Morgan fingerprint density at radius 1 is 1.15 bits per heavy atom. The Morgan fingerprint density at radius 2 is 1.81 bits per heavy atom. The van der Waals surface area contributed by atoms with Crippen LogP contribution in [0.15, 0.2) is 23.1 Å². The quantitative estimate of drug-likeness (QED) is 0.762. The molecule has 27 heavy (non-hydrogen) atoms. The van der Waals surface area contributed by atoms with Crippen LogP contribution in [0.4, 0.5) is 4.79 Å². The number of hydrogen-bond acceptors (Lipinski definition) is 6. The topological polar surface area (TPSA) is 105 Å². The number of sulfonamides is 1. The zero-order valence-corrected chi connectivity index (χ0v) is 16.5. The van der Waals surface area contributed by atoms with Gasteiger partial charge in [0.25, 0.3) is 5.91 Å². The number of nitrogens with zero attached hydrogens (tertiary/aromatic N) is 2. The van der Waals surface area contributed by atoms with Crippen molar-refractivity contribution in [3.8, 4) is 5.75 Å². The molecule has 2 amide bonds. The largest absolute Gasteiger partial charge is 0.496 e. The molecule has 0 bridgehead atoms. The molecule has 0 unspecified atom stereocenters. The maximum Gasteiger partial charge on any atom is 0.409 e. The van der Waals surface area contributed by atoms with E-state index < -0.39 is 22.0 Å². The Labute approximate surface area is 159 Å². The average molecular weight is 399 g/mol. The average Bonchev–Trinajstić information content (AvgIpc) is 2.67. The van der Waals surface area contributed by atoms with Crippen molar-refractivity contribution in [3.63, 3.8) is 0 Å². The molecule has 1 aromatic carbocycles. The Hall–Kier alpha value is -2.33. The fraction of sp³-hybridized carbons (Fsp3) is 0.529. The number of amides is 2. The minimum Gasteiger partial charge on any atom is -0.496 e. The van der Waals surface area contributed by atoms with Crippen LogP contribution in [-0.4, -0.2) is 76.1 Å². The first-order valence-corrected chi connectivity index (χ1v) is 10.2. The fourth-order valence-corrected chi connectivity index (χ4v) is 4.20. The summed E-state index contributed by atoms with van der Waals surface area (Å²) < 4.78 is 37.3. The lowest BCUT2D eigenvalue weighted by molar-refractivity contribution is 0.0930. The molecule has 1 heterocycles. The van der Waals surface area contributed by atoms with E-state index in [9.17, 15) is 18.0 Å². The molecule has 1 aliphatic heterocycles. The van der Waals surface area contributed by atoms with E-state index >= 15 is 0 Å². The Kier molecular flexibility index (Phi) is 7.03. The second-order valence-electron chi connectivity index (χ2n) is 5.81. The summed E-state index contributed by atoms with van der Waals surface area (Å²) in [7, 11) is -2.38. The van der Waals surface area contributed by atoms with Crippen molar-refractivity contribution in [2.75, 3.05) is 46.4 Å². The lowest BCUT2D eigenvalue weighted by Gasteiger charge is -2.33. The number of carbonyl (C=O) groups excluding carboxylic acids is 2. The highest BCUT2D eigenvalue weighted by Gasteiger charge is 2.31. The van der Waals surface area contributed by atoms with Gasteiger partial charge in [0.05, 0.1) is 24.2 Å². The van der Waals surface area contributed by atoms with Gasteiger partial charge in [-0.05, 0) is 32.0 Å². The van der Waals surface area contributed by atoms with Gasteiger partial charge >= 0.3 is 6.09 Å². The second kappa shape index (κ2) is 9.05. The molecule has 1 aliphatic rings. The number of ether oxygens (including phenoxy) is 2. The van der Waals surface area contributed by atoms with Crippen LogP contribution in [0.2, 0.25) is 0 Å². The van der Waals surface area contributed by atoms with Crippen molar-refractivity contribution in [1.29, 1.82) is 0 Å². The van der Waals surface area contributed by atoms with Crippen molar-refractivity contribution >= 4 is 22.0 Å². The van der Waals surface area contributed by atoms with Gasteiger partial charge in [-0.3, -0.25) is 4.79 Å². The van der Waals surface area contributed by atoms with Gasteiger partial charge in [-0.2, -0.15) is 4.31 Å². The van der Waals surface area contributed by atoms with Crippen LogP contribution in [0.1, 0.15) is 24.2 Å². The predicted molar refractivity (Wildman–Crippen MR) is 98.4 cm³/mol. The molecule has 0 saturated carbocycles. The number of hydrogen-bond donors (Lipinski definition) is 1. The zero-order valence-electron chi connectivity index (χ0n) is 15.7. The molecule has 0 spiro atoms. The Balaban J connectivity index is 2.21. The molecule has 1 fully saturated rings. The first kappa shape index (κ1) is 21.0. The van der Waals surface area contributed by atoms with E-state index in [4.69, 9.17) is 9.47 Å². The smallest absolute Gasteiger partial charge is 0.409 e. The van der Waals surface area contributed by atoms with Gasteiger partial charge in [0.1, 0.15) is 5.75 Å². The van der Waals surface area contributed by atoms with Crippen molar-refractivity contribution < 1.29 is 27.5 Å². The maximum absolute atomic E-state index is 12.9. The van der Waals surface area contributed by atoms with E-state index in [-0.39, 0.29) is 43.2 Å². The Morgan fingerprint density at radius 3 is 2.37 bits per heavy atom. The summed E-state index contributed by atoms with van der Waals surface area (Å²) in [4.78, 5) is 25.4. The number of rotatable bonds is 6. The van der Waals surface area contributed by atoms with Gasteiger partial charge in [0.2, 0.25) is 10.0 Å². The van der Waals surface area contributed by atoms with Gasteiger partial charge < -0.3 is 19.7 Å². The molecule has 1 N–H and O–H groups in total. The molecule has 2 rings (SSSR count). The van der Waals surface area contributed by atoms with Crippen LogP contribution in [-0.2, 0) is 14.8 Å². The van der Waals surface area contributed by atoms with E-state index in [2.05, 4.69) is 5.32 Å². The number of benzene rings is 1. The van der Waals surface area contributed by atoms with Crippen LogP contribution in [0.5, 0.6) is 5.75 Å². The molecule has 1 aromatic rings. The Bertz CT molecular complexity index is 788. The minimum atomic E-state index is -3.80. The summed E-state index contributed by atoms with van der Waals surface area (Å²) in [5.41, 5.74) is 0.158. The highest BCUT2D eigenvalue weighted by atomic mass is 32.2. The molecular weight excluding hydrogens is 374 g/mol. The third-order valence-corrected chi connectivity index (χ3v) is 6.05. The summed E-state index contributed by atoms with van der Waals surface area (Å²) in [5, 5.41) is 2.64. The highest BCUT2D eigenvalue weighted by molar-refractivity contribution is 7.89. The molecule has 0 atom stereocenters. The molecular formula is C17H25N3O6S. The molecule has 0 radical (unpaired) electrons. The monoisotopic (exact) mass is 399 g/mol. The maximum atomic E-state index is 12.9.